The van der Waals surface area contributed by atoms with Crippen molar-refractivity contribution in [3.63, 3.8) is 0 Å². The Hall–Kier alpha value is -1.62. The molecule has 1 aromatic heterocycles. The van der Waals surface area contributed by atoms with E-state index in [1.165, 1.54) is 6.92 Å². The van der Waals surface area contributed by atoms with Crippen molar-refractivity contribution in [3.05, 3.63) is 23.5 Å². The summed E-state index contributed by atoms with van der Waals surface area (Å²) in [4.78, 5) is 23.7. The molecule has 0 radical (unpaired) electrons. The third kappa shape index (κ3) is 3.10. The lowest BCUT2D eigenvalue weighted by molar-refractivity contribution is 0.0864. The average Bonchev–Trinajstić information content (AvgIpc) is 2.82. The standard InChI is InChI=1S/C15H22N2O3/c1-10(19)12-7-14(17(2)8-12)15(20)16-13-6-4-3-5-11(13)9-18/h7-8,11,13,18H,3-6,9H2,1-2H3,(H,16,20). The van der Waals surface area contributed by atoms with Gasteiger partial charge in [0.15, 0.2) is 5.78 Å². The minimum Gasteiger partial charge on any atom is -0.396 e. The van der Waals surface area contributed by atoms with Gasteiger partial charge >= 0.3 is 0 Å². The number of amides is 1. The molecule has 5 nitrogen and oxygen atoms in total. The molecule has 1 aliphatic carbocycles. The second-order valence-corrected chi connectivity index (χ2v) is 5.59. The molecule has 1 heterocycles. The first-order chi connectivity index (χ1) is 9.52. The van der Waals surface area contributed by atoms with Crippen molar-refractivity contribution < 1.29 is 14.7 Å². The summed E-state index contributed by atoms with van der Waals surface area (Å²) in [5, 5.41) is 12.4. The summed E-state index contributed by atoms with van der Waals surface area (Å²) in [6, 6.07) is 1.64. The summed E-state index contributed by atoms with van der Waals surface area (Å²) in [5.74, 6) is -0.0869. The molecule has 1 saturated carbocycles. The molecule has 2 unspecified atom stereocenters. The number of hydrogen-bond acceptors (Lipinski definition) is 3. The quantitative estimate of drug-likeness (QED) is 0.820. The number of aliphatic hydroxyl groups is 1. The molecule has 5 heteroatoms. The van der Waals surface area contributed by atoms with Crippen molar-refractivity contribution in [2.45, 2.75) is 38.6 Å². The van der Waals surface area contributed by atoms with E-state index in [9.17, 15) is 14.7 Å². The van der Waals surface area contributed by atoms with Crippen LogP contribution in [0, 0.1) is 5.92 Å². The average molecular weight is 278 g/mol. The van der Waals surface area contributed by atoms with Gasteiger partial charge in [-0.3, -0.25) is 9.59 Å². The van der Waals surface area contributed by atoms with Crippen LogP contribution in [0.3, 0.4) is 0 Å². The summed E-state index contributed by atoms with van der Waals surface area (Å²) >= 11 is 0. The fourth-order valence-electron chi connectivity index (χ4n) is 2.84. The van der Waals surface area contributed by atoms with Crippen LogP contribution >= 0.6 is 0 Å². The Kier molecular flexibility index (Phi) is 4.60. The molecule has 2 N–H and O–H groups in total. The molecule has 1 aliphatic rings. The first-order valence-corrected chi connectivity index (χ1v) is 7.12. The van der Waals surface area contributed by atoms with Gasteiger partial charge in [0.2, 0.25) is 0 Å². The van der Waals surface area contributed by atoms with E-state index in [-0.39, 0.29) is 30.3 Å². The Morgan fingerprint density at radius 2 is 2.10 bits per heavy atom. The highest BCUT2D eigenvalue weighted by atomic mass is 16.3. The number of Topliss-reactive ketones (excluding diaryl/α,β-unsaturated/α-hetero) is 1. The fraction of sp³-hybridized carbons (Fsp3) is 0.600. The van der Waals surface area contributed by atoms with E-state index in [1.807, 2.05) is 0 Å². The number of nitrogens with zero attached hydrogens (tertiary/aromatic N) is 1. The normalized spacial score (nSPS) is 22.6. The second kappa shape index (κ2) is 6.22. The largest absolute Gasteiger partial charge is 0.396 e. The lowest BCUT2D eigenvalue weighted by atomic mass is 9.85. The third-order valence-corrected chi connectivity index (χ3v) is 4.10. The Morgan fingerprint density at radius 3 is 2.70 bits per heavy atom. The van der Waals surface area contributed by atoms with Crippen LogP contribution in [0.4, 0.5) is 0 Å². The second-order valence-electron chi connectivity index (χ2n) is 5.59. The van der Waals surface area contributed by atoms with Gasteiger partial charge in [-0.25, -0.2) is 0 Å². The van der Waals surface area contributed by atoms with Crippen LogP contribution < -0.4 is 5.32 Å². The van der Waals surface area contributed by atoms with E-state index < -0.39 is 0 Å². The van der Waals surface area contributed by atoms with Crippen LogP contribution in [0.25, 0.3) is 0 Å². The topological polar surface area (TPSA) is 71.3 Å². The van der Waals surface area contributed by atoms with Gasteiger partial charge in [0, 0.05) is 37.4 Å². The van der Waals surface area contributed by atoms with Crippen molar-refractivity contribution in [3.8, 4) is 0 Å². The molecule has 0 bridgehead atoms. The number of aliphatic hydroxyl groups excluding tert-OH is 1. The maximum Gasteiger partial charge on any atom is 0.268 e. The predicted molar refractivity (Wildman–Crippen MR) is 75.7 cm³/mol. The number of nitrogens with one attached hydrogen (secondary N) is 1. The molecule has 0 aromatic carbocycles. The summed E-state index contributed by atoms with van der Waals surface area (Å²) in [7, 11) is 1.76. The van der Waals surface area contributed by atoms with Crippen LogP contribution in [0.2, 0.25) is 0 Å². The van der Waals surface area contributed by atoms with Crippen LogP contribution in [0.5, 0.6) is 0 Å². The zero-order valence-electron chi connectivity index (χ0n) is 12.1. The Morgan fingerprint density at radius 1 is 1.40 bits per heavy atom. The van der Waals surface area contributed by atoms with Crippen molar-refractivity contribution in [2.24, 2.45) is 13.0 Å². The molecule has 1 amide bonds. The molecule has 2 atom stereocenters. The molecule has 110 valence electrons. The molecular formula is C15H22N2O3. The predicted octanol–water partition coefficient (Wildman–Crippen LogP) is 1.51. The zero-order chi connectivity index (χ0) is 14.7. The van der Waals surface area contributed by atoms with Gasteiger partial charge in [0.05, 0.1) is 0 Å². The number of carbonyl (C=O) groups is 2. The van der Waals surface area contributed by atoms with E-state index in [0.29, 0.717) is 11.3 Å². The molecular weight excluding hydrogens is 256 g/mol. The van der Waals surface area contributed by atoms with Crippen LogP contribution in [0.15, 0.2) is 12.3 Å². The van der Waals surface area contributed by atoms with Crippen LogP contribution in [0.1, 0.15) is 53.5 Å². The van der Waals surface area contributed by atoms with Gasteiger partial charge in [-0.1, -0.05) is 12.8 Å². The number of hydrogen-bond donors (Lipinski definition) is 2. The van der Waals surface area contributed by atoms with Gasteiger partial charge in [0.25, 0.3) is 5.91 Å². The Balaban J connectivity index is 2.09. The third-order valence-electron chi connectivity index (χ3n) is 4.10. The highest BCUT2D eigenvalue weighted by molar-refractivity contribution is 5.99. The monoisotopic (exact) mass is 278 g/mol. The lowest BCUT2D eigenvalue weighted by Gasteiger charge is -2.30. The molecule has 1 aromatic rings. The van der Waals surface area contributed by atoms with Crippen molar-refractivity contribution >= 4 is 11.7 Å². The van der Waals surface area contributed by atoms with Gasteiger partial charge < -0.3 is 15.0 Å². The molecule has 0 aliphatic heterocycles. The first kappa shape index (κ1) is 14.8. The molecule has 0 spiro atoms. The number of ketones is 1. The Bertz CT molecular complexity index is 507. The van der Waals surface area contributed by atoms with Crippen molar-refractivity contribution in [1.82, 2.24) is 9.88 Å². The van der Waals surface area contributed by atoms with E-state index in [4.69, 9.17) is 0 Å². The van der Waals surface area contributed by atoms with E-state index in [1.54, 1.807) is 23.9 Å². The van der Waals surface area contributed by atoms with Gasteiger partial charge in [-0.15, -0.1) is 0 Å². The lowest BCUT2D eigenvalue weighted by Crippen LogP contribution is -2.43. The number of aromatic nitrogens is 1. The van der Waals surface area contributed by atoms with Crippen LogP contribution in [-0.4, -0.2) is 34.0 Å². The smallest absolute Gasteiger partial charge is 0.268 e. The maximum atomic E-state index is 12.3. The number of aryl methyl sites for hydroxylation is 1. The minimum absolute atomic E-state index is 0.0249. The molecule has 0 saturated heterocycles. The highest BCUT2D eigenvalue weighted by Gasteiger charge is 2.27. The van der Waals surface area contributed by atoms with Crippen LogP contribution in [-0.2, 0) is 7.05 Å². The summed E-state index contributed by atoms with van der Waals surface area (Å²) in [5.41, 5.74) is 1.03. The number of rotatable bonds is 4. The highest BCUT2D eigenvalue weighted by Crippen LogP contribution is 2.24. The molecule has 20 heavy (non-hydrogen) atoms. The minimum atomic E-state index is -0.176. The van der Waals surface area contributed by atoms with Gasteiger partial charge in [0.1, 0.15) is 5.69 Å². The molecule has 2 rings (SSSR count). The first-order valence-electron chi connectivity index (χ1n) is 7.12. The van der Waals surface area contributed by atoms with Gasteiger partial charge in [-0.2, -0.15) is 0 Å². The Labute approximate surface area is 119 Å². The fourth-order valence-corrected chi connectivity index (χ4v) is 2.84. The van der Waals surface area contributed by atoms with Crippen molar-refractivity contribution in [2.75, 3.05) is 6.61 Å². The van der Waals surface area contributed by atoms with Crippen molar-refractivity contribution in [1.29, 1.82) is 0 Å². The summed E-state index contributed by atoms with van der Waals surface area (Å²) in [6.07, 6.45) is 5.71. The molecule has 1 fully saturated rings. The van der Waals surface area contributed by atoms with E-state index in [0.717, 1.165) is 25.7 Å². The van der Waals surface area contributed by atoms with Gasteiger partial charge in [-0.05, 0) is 25.8 Å². The summed E-state index contributed by atoms with van der Waals surface area (Å²) < 4.78 is 1.67. The van der Waals surface area contributed by atoms with E-state index in [2.05, 4.69) is 5.32 Å². The van der Waals surface area contributed by atoms with E-state index >= 15 is 0 Å². The number of carbonyl (C=O) groups excluding carboxylic acids is 2. The SMILES string of the molecule is CC(=O)c1cc(C(=O)NC2CCCCC2CO)n(C)c1. The summed E-state index contributed by atoms with van der Waals surface area (Å²) in [6.45, 7) is 1.59. The maximum absolute atomic E-state index is 12.3. The zero-order valence-corrected chi connectivity index (χ0v) is 12.1.